The molecule has 2 aliphatic rings. The average Bonchev–Trinajstić information content (AvgIpc) is 3.22. The Hall–Kier alpha value is -1.40. The van der Waals surface area contributed by atoms with Crippen LogP contribution in [0.2, 0.25) is 0 Å². The van der Waals surface area contributed by atoms with E-state index in [0.717, 1.165) is 24.7 Å². The van der Waals surface area contributed by atoms with Crippen LogP contribution in [0.4, 0.5) is 0 Å². The van der Waals surface area contributed by atoms with Gasteiger partial charge in [-0.3, -0.25) is 4.79 Å². The number of rotatable bonds is 5. The number of aliphatic hydroxyl groups excluding tert-OH is 1. The molecule has 1 saturated carbocycles. The van der Waals surface area contributed by atoms with Crippen molar-refractivity contribution in [1.29, 1.82) is 0 Å². The molecule has 1 aromatic rings. The lowest BCUT2D eigenvalue weighted by Gasteiger charge is -2.29. The molecule has 1 aliphatic carbocycles. The summed E-state index contributed by atoms with van der Waals surface area (Å²) in [6, 6.07) is 9.29. The van der Waals surface area contributed by atoms with Crippen molar-refractivity contribution in [3.8, 4) is 0 Å². The molecule has 0 spiro atoms. The smallest absolute Gasteiger partial charge is 0.244 e. The number of nitrogens with zero attached hydrogens (tertiary/aromatic N) is 1. The minimum atomic E-state index is -3.39. The maximum absolute atomic E-state index is 12.8. The van der Waals surface area contributed by atoms with Gasteiger partial charge in [0.05, 0.1) is 6.10 Å². The fraction of sp³-hybridized carbons (Fsp3) is 0.588. The molecule has 0 bridgehead atoms. The molecule has 0 aromatic heterocycles. The van der Waals surface area contributed by atoms with Crippen molar-refractivity contribution < 1.29 is 18.3 Å². The summed E-state index contributed by atoms with van der Waals surface area (Å²) in [4.78, 5) is 14.5. The summed E-state index contributed by atoms with van der Waals surface area (Å²) in [5.74, 6) is -0.261. The van der Waals surface area contributed by atoms with Gasteiger partial charge in [0.25, 0.3) is 0 Å². The summed E-state index contributed by atoms with van der Waals surface area (Å²) in [7, 11) is -3.39. The molecule has 5 nitrogen and oxygen atoms in total. The van der Waals surface area contributed by atoms with E-state index in [0.29, 0.717) is 25.8 Å². The third kappa shape index (κ3) is 3.02. The van der Waals surface area contributed by atoms with Gasteiger partial charge in [0.1, 0.15) is 0 Å². The van der Waals surface area contributed by atoms with E-state index in [1.165, 1.54) is 0 Å². The van der Waals surface area contributed by atoms with E-state index < -0.39 is 20.7 Å². The van der Waals surface area contributed by atoms with Crippen LogP contribution in [0.15, 0.2) is 30.3 Å². The molecular formula is C17H23NO4S. The zero-order chi connectivity index (χ0) is 16.7. The summed E-state index contributed by atoms with van der Waals surface area (Å²) in [5, 5.41) is 10.4. The summed E-state index contributed by atoms with van der Waals surface area (Å²) >= 11 is 0. The summed E-state index contributed by atoms with van der Waals surface area (Å²) in [5.41, 5.74) is 0.830. The van der Waals surface area contributed by atoms with Crippen molar-refractivity contribution in [3.63, 3.8) is 0 Å². The predicted octanol–water partition coefficient (Wildman–Crippen LogP) is 1.68. The molecule has 126 valence electrons. The lowest BCUT2D eigenvalue weighted by Crippen LogP contribution is -2.47. The highest BCUT2D eigenvalue weighted by Gasteiger charge is 2.61. The first kappa shape index (κ1) is 16.5. The van der Waals surface area contributed by atoms with Crippen molar-refractivity contribution >= 4 is 15.7 Å². The second kappa shape index (κ2) is 5.91. The molecule has 1 aromatic carbocycles. The Morgan fingerprint density at radius 3 is 2.57 bits per heavy atom. The minimum absolute atomic E-state index is 0.0862. The summed E-state index contributed by atoms with van der Waals surface area (Å²) < 4.78 is 22.7. The van der Waals surface area contributed by atoms with E-state index in [2.05, 4.69) is 0 Å². The highest BCUT2D eigenvalue weighted by atomic mass is 32.2. The molecule has 1 N–H and O–H groups in total. The fourth-order valence-electron chi connectivity index (χ4n) is 3.54. The first-order chi connectivity index (χ1) is 10.8. The van der Waals surface area contributed by atoms with Crippen molar-refractivity contribution in [2.45, 2.75) is 49.0 Å². The monoisotopic (exact) mass is 337 g/mol. The van der Waals surface area contributed by atoms with E-state index in [1.807, 2.05) is 30.3 Å². The van der Waals surface area contributed by atoms with Crippen molar-refractivity contribution in [3.05, 3.63) is 35.9 Å². The second-order valence-corrected chi connectivity index (χ2v) is 9.05. The van der Waals surface area contributed by atoms with Gasteiger partial charge in [-0.2, -0.15) is 0 Å². The number of hydrogen-bond acceptors (Lipinski definition) is 4. The van der Waals surface area contributed by atoms with Gasteiger partial charge in [-0.05, 0) is 37.7 Å². The van der Waals surface area contributed by atoms with E-state index in [-0.39, 0.29) is 11.9 Å². The Bertz CT molecular complexity index is 682. The van der Waals surface area contributed by atoms with Crippen LogP contribution in [0.3, 0.4) is 0 Å². The number of carbonyl (C=O) groups is 1. The number of aliphatic hydroxyl groups is 1. The normalized spacial score (nSPS) is 24.4. The maximum atomic E-state index is 12.8. The van der Waals surface area contributed by atoms with Gasteiger partial charge >= 0.3 is 0 Å². The summed E-state index contributed by atoms with van der Waals surface area (Å²) in [6.45, 7) is 0.586. The van der Waals surface area contributed by atoms with Crippen molar-refractivity contribution in [2.24, 2.45) is 0 Å². The van der Waals surface area contributed by atoms with Gasteiger partial charge in [0, 0.05) is 18.8 Å². The molecular weight excluding hydrogens is 314 g/mol. The van der Waals surface area contributed by atoms with Crippen molar-refractivity contribution in [2.75, 3.05) is 12.8 Å². The number of benzene rings is 1. The third-order valence-corrected chi connectivity index (χ3v) is 7.12. The van der Waals surface area contributed by atoms with Crippen LogP contribution >= 0.6 is 0 Å². The van der Waals surface area contributed by atoms with Crippen molar-refractivity contribution in [1.82, 2.24) is 4.90 Å². The van der Waals surface area contributed by atoms with Crippen LogP contribution in [0.1, 0.15) is 43.8 Å². The van der Waals surface area contributed by atoms with Gasteiger partial charge in [0.2, 0.25) is 5.91 Å². The predicted molar refractivity (Wildman–Crippen MR) is 87.6 cm³/mol. The molecule has 0 radical (unpaired) electrons. The lowest BCUT2D eigenvalue weighted by molar-refractivity contribution is -0.132. The van der Waals surface area contributed by atoms with E-state index in [9.17, 15) is 18.3 Å². The molecule has 1 saturated heterocycles. The molecule has 2 fully saturated rings. The zero-order valence-corrected chi connectivity index (χ0v) is 14.1. The summed E-state index contributed by atoms with van der Waals surface area (Å²) in [6.07, 6.45) is 3.50. The number of amides is 1. The molecule has 23 heavy (non-hydrogen) atoms. The van der Waals surface area contributed by atoms with Crippen LogP contribution in [0, 0.1) is 0 Å². The Kier molecular flexibility index (Phi) is 4.23. The molecule has 1 amide bonds. The number of likely N-dealkylation sites (tertiary alicyclic amines) is 1. The highest BCUT2D eigenvalue weighted by Crippen LogP contribution is 2.46. The molecule has 1 heterocycles. The topological polar surface area (TPSA) is 74.7 Å². The number of sulfone groups is 1. The van der Waals surface area contributed by atoms with E-state index in [1.54, 1.807) is 4.90 Å². The molecule has 1 aliphatic heterocycles. The van der Waals surface area contributed by atoms with Crippen LogP contribution in [-0.2, 0) is 14.6 Å². The lowest BCUT2D eigenvalue weighted by atomic mass is 10.0. The Morgan fingerprint density at radius 2 is 2.00 bits per heavy atom. The van der Waals surface area contributed by atoms with Crippen LogP contribution < -0.4 is 0 Å². The first-order valence-corrected chi connectivity index (χ1v) is 9.98. The standard InChI is InChI=1S/C17H23NO4S/c1-23(21,22)17(9-10-17)16(20)18-11-5-8-14(18)12-15(19)13-6-3-2-4-7-13/h2-4,6-7,14-15,19H,5,8-12H2,1H3/t14-,15-/m0/s1. The van der Waals surface area contributed by atoms with Gasteiger partial charge < -0.3 is 10.0 Å². The Morgan fingerprint density at radius 1 is 1.35 bits per heavy atom. The molecule has 3 rings (SSSR count). The highest BCUT2D eigenvalue weighted by molar-refractivity contribution is 7.93. The minimum Gasteiger partial charge on any atom is -0.388 e. The fourth-order valence-corrected chi connectivity index (χ4v) is 4.81. The number of carbonyl (C=O) groups excluding carboxylic acids is 1. The average molecular weight is 337 g/mol. The number of hydrogen-bond donors (Lipinski definition) is 1. The van der Waals surface area contributed by atoms with Crippen LogP contribution in [0.25, 0.3) is 0 Å². The zero-order valence-electron chi connectivity index (χ0n) is 13.3. The quantitative estimate of drug-likeness (QED) is 0.887. The van der Waals surface area contributed by atoms with Gasteiger partial charge in [-0.1, -0.05) is 30.3 Å². The largest absolute Gasteiger partial charge is 0.388 e. The Balaban J connectivity index is 1.73. The van der Waals surface area contributed by atoms with Gasteiger partial charge in [-0.25, -0.2) is 8.42 Å². The van der Waals surface area contributed by atoms with Crippen LogP contribution in [0.5, 0.6) is 0 Å². The second-order valence-electron chi connectivity index (χ2n) is 6.72. The van der Waals surface area contributed by atoms with Gasteiger partial charge in [0.15, 0.2) is 14.6 Å². The maximum Gasteiger partial charge on any atom is 0.244 e. The van der Waals surface area contributed by atoms with E-state index >= 15 is 0 Å². The van der Waals surface area contributed by atoms with Crippen LogP contribution in [-0.4, -0.2) is 47.9 Å². The molecule has 0 unspecified atom stereocenters. The van der Waals surface area contributed by atoms with E-state index in [4.69, 9.17) is 0 Å². The first-order valence-electron chi connectivity index (χ1n) is 8.09. The third-order valence-electron chi connectivity index (χ3n) is 5.12. The SMILES string of the molecule is CS(=O)(=O)C1(C(=O)N2CCC[C@H]2C[C@H](O)c2ccccc2)CC1. The van der Waals surface area contributed by atoms with Gasteiger partial charge in [-0.15, -0.1) is 0 Å². The Labute approximate surface area is 137 Å². The molecule has 6 heteroatoms. The molecule has 2 atom stereocenters.